The Morgan fingerprint density at radius 3 is 2.56 bits per heavy atom. The van der Waals surface area contributed by atoms with Crippen LogP contribution in [0.25, 0.3) is 0 Å². The van der Waals surface area contributed by atoms with E-state index in [1.54, 1.807) is 0 Å². The third kappa shape index (κ3) is 5.55. The molecule has 0 saturated carbocycles. The number of hydrogen-bond acceptors (Lipinski definition) is 3. The first-order valence-corrected chi connectivity index (χ1v) is 6.88. The molecule has 0 aromatic carbocycles. The molecule has 0 spiro atoms. The highest BCUT2D eigenvalue weighted by atomic mass is 35.5. The predicted octanol–water partition coefficient (Wildman–Crippen LogP) is 1.46. The number of piperidine rings is 1. The minimum Gasteiger partial charge on any atom is -0.391 e. The van der Waals surface area contributed by atoms with Crippen LogP contribution < -0.4 is 10.6 Å². The van der Waals surface area contributed by atoms with Crippen molar-refractivity contribution in [1.29, 1.82) is 0 Å². The van der Waals surface area contributed by atoms with Gasteiger partial charge in [-0.25, -0.2) is 0 Å². The predicted molar refractivity (Wildman–Crippen MR) is 76.0 cm³/mol. The number of aliphatic hydroxyl groups excluding tert-OH is 1. The maximum absolute atomic E-state index is 11.8. The lowest BCUT2D eigenvalue weighted by molar-refractivity contribution is -0.124. The van der Waals surface area contributed by atoms with Gasteiger partial charge < -0.3 is 15.7 Å². The lowest BCUT2D eigenvalue weighted by atomic mass is 9.96. The highest BCUT2D eigenvalue weighted by Gasteiger charge is 2.22. The van der Waals surface area contributed by atoms with Gasteiger partial charge in [0.25, 0.3) is 0 Å². The summed E-state index contributed by atoms with van der Waals surface area (Å²) in [5.41, 5.74) is 0. The molecule has 0 radical (unpaired) electrons. The molecule has 2 atom stereocenters. The van der Waals surface area contributed by atoms with Gasteiger partial charge in [-0.05, 0) is 25.3 Å². The smallest absolute Gasteiger partial charge is 0.237 e. The van der Waals surface area contributed by atoms with Crippen LogP contribution in [0, 0.1) is 5.92 Å². The molecule has 5 heteroatoms. The molecule has 18 heavy (non-hydrogen) atoms. The van der Waals surface area contributed by atoms with Crippen LogP contribution in [0.15, 0.2) is 0 Å². The van der Waals surface area contributed by atoms with Gasteiger partial charge in [0.15, 0.2) is 0 Å². The molecule has 0 aliphatic carbocycles. The van der Waals surface area contributed by atoms with E-state index in [2.05, 4.69) is 24.5 Å². The molecular formula is C13H27ClN2O2. The third-order valence-corrected chi connectivity index (χ3v) is 3.71. The number of carbonyl (C=O) groups is 1. The quantitative estimate of drug-likeness (QED) is 0.689. The molecule has 3 N–H and O–H groups in total. The average molecular weight is 279 g/mol. The van der Waals surface area contributed by atoms with Crippen LogP contribution in [0.5, 0.6) is 0 Å². The van der Waals surface area contributed by atoms with Crippen LogP contribution in [-0.4, -0.2) is 36.2 Å². The number of nitrogens with one attached hydrogen (secondary N) is 2. The Morgan fingerprint density at radius 2 is 2.06 bits per heavy atom. The Morgan fingerprint density at radius 1 is 1.39 bits per heavy atom. The van der Waals surface area contributed by atoms with Gasteiger partial charge in [0.2, 0.25) is 5.91 Å². The van der Waals surface area contributed by atoms with Gasteiger partial charge in [-0.3, -0.25) is 4.79 Å². The van der Waals surface area contributed by atoms with Crippen LogP contribution in [0.2, 0.25) is 0 Å². The van der Waals surface area contributed by atoms with Gasteiger partial charge >= 0.3 is 0 Å². The molecule has 1 amide bonds. The van der Waals surface area contributed by atoms with E-state index in [1.807, 2.05) is 0 Å². The summed E-state index contributed by atoms with van der Waals surface area (Å²) < 4.78 is 0. The minimum atomic E-state index is -0.419. The van der Waals surface area contributed by atoms with E-state index >= 15 is 0 Å². The van der Waals surface area contributed by atoms with Gasteiger partial charge in [0.1, 0.15) is 0 Å². The number of aliphatic hydroxyl groups is 1. The first kappa shape index (κ1) is 17.7. The van der Waals surface area contributed by atoms with Crippen LogP contribution in [0.1, 0.15) is 46.0 Å². The molecule has 0 aromatic rings. The van der Waals surface area contributed by atoms with E-state index in [-0.39, 0.29) is 30.3 Å². The number of amides is 1. The van der Waals surface area contributed by atoms with Gasteiger partial charge in [0.05, 0.1) is 12.1 Å². The molecular weight excluding hydrogens is 252 g/mol. The molecule has 0 aromatic heterocycles. The first-order chi connectivity index (χ1) is 8.19. The molecule has 1 fully saturated rings. The topological polar surface area (TPSA) is 61.4 Å². The van der Waals surface area contributed by atoms with E-state index in [9.17, 15) is 9.90 Å². The average Bonchev–Trinajstić information content (AvgIpc) is 2.38. The summed E-state index contributed by atoms with van der Waals surface area (Å²) in [6, 6.07) is -0.0577. The molecule has 4 nitrogen and oxygen atoms in total. The number of hydrogen-bond donors (Lipinski definition) is 3. The molecule has 1 aliphatic heterocycles. The second-order valence-corrected chi connectivity index (χ2v) is 4.89. The van der Waals surface area contributed by atoms with Crippen molar-refractivity contribution in [3.05, 3.63) is 0 Å². The van der Waals surface area contributed by atoms with E-state index < -0.39 is 6.10 Å². The summed E-state index contributed by atoms with van der Waals surface area (Å²) in [6.07, 6.45) is 4.66. The van der Waals surface area contributed by atoms with Crippen LogP contribution in [0.3, 0.4) is 0 Å². The molecule has 1 heterocycles. The van der Waals surface area contributed by atoms with Crippen LogP contribution in [0.4, 0.5) is 0 Å². The van der Waals surface area contributed by atoms with Crippen molar-refractivity contribution in [2.45, 2.75) is 58.1 Å². The Balaban J connectivity index is 0.00000289. The van der Waals surface area contributed by atoms with E-state index in [4.69, 9.17) is 0 Å². The fourth-order valence-corrected chi connectivity index (χ4v) is 2.40. The number of carbonyl (C=O) groups excluding carboxylic acids is 1. The largest absolute Gasteiger partial charge is 0.391 e. The monoisotopic (exact) mass is 278 g/mol. The third-order valence-electron chi connectivity index (χ3n) is 3.71. The summed E-state index contributed by atoms with van der Waals surface area (Å²) in [5.74, 6) is 0.323. The minimum absolute atomic E-state index is 0. The highest BCUT2D eigenvalue weighted by molar-refractivity contribution is 5.85. The van der Waals surface area contributed by atoms with Crippen molar-refractivity contribution in [3.63, 3.8) is 0 Å². The first-order valence-electron chi connectivity index (χ1n) is 6.88. The zero-order chi connectivity index (χ0) is 12.7. The lowest BCUT2D eigenvalue weighted by Gasteiger charge is -2.25. The summed E-state index contributed by atoms with van der Waals surface area (Å²) in [7, 11) is 0. The fraction of sp³-hybridized carbons (Fsp3) is 0.923. The van der Waals surface area contributed by atoms with Crippen molar-refractivity contribution in [2.24, 2.45) is 5.92 Å². The van der Waals surface area contributed by atoms with Crippen molar-refractivity contribution in [1.82, 2.24) is 10.6 Å². The van der Waals surface area contributed by atoms with Crippen LogP contribution >= 0.6 is 12.4 Å². The fourth-order valence-electron chi connectivity index (χ4n) is 2.40. The summed E-state index contributed by atoms with van der Waals surface area (Å²) in [5, 5.41) is 16.0. The van der Waals surface area contributed by atoms with Gasteiger partial charge in [0, 0.05) is 6.54 Å². The van der Waals surface area contributed by atoms with Gasteiger partial charge in [-0.1, -0.05) is 33.1 Å². The Labute approximate surface area is 116 Å². The molecule has 2 unspecified atom stereocenters. The Bertz CT molecular complexity index is 229. The summed E-state index contributed by atoms with van der Waals surface area (Å²) in [4.78, 5) is 11.8. The SMILES string of the molecule is CCC(CC)C(O)CNC(=O)C1CCCCN1.Cl. The summed E-state index contributed by atoms with van der Waals surface area (Å²) in [6.45, 7) is 5.44. The standard InChI is InChI=1S/C13H26N2O2.ClH/c1-3-10(4-2)12(16)9-15-13(17)11-7-5-6-8-14-11;/h10-12,14,16H,3-9H2,1-2H3,(H,15,17);1H. The van der Waals surface area contributed by atoms with E-state index in [0.717, 1.165) is 38.6 Å². The second-order valence-electron chi connectivity index (χ2n) is 4.89. The molecule has 108 valence electrons. The summed E-state index contributed by atoms with van der Waals surface area (Å²) >= 11 is 0. The van der Waals surface area contributed by atoms with Crippen molar-refractivity contribution in [3.8, 4) is 0 Å². The van der Waals surface area contributed by atoms with E-state index in [0.29, 0.717) is 6.54 Å². The van der Waals surface area contributed by atoms with Gasteiger partial charge in [-0.2, -0.15) is 0 Å². The number of halogens is 1. The van der Waals surface area contributed by atoms with E-state index in [1.165, 1.54) is 0 Å². The zero-order valence-corrected chi connectivity index (χ0v) is 12.3. The zero-order valence-electron chi connectivity index (χ0n) is 11.4. The lowest BCUT2D eigenvalue weighted by Crippen LogP contribution is -2.48. The Kier molecular flexibility index (Phi) is 9.42. The Hall–Kier alpha value is -0.320. The second kappa shape index (κ2) is 9.59. The van der Waals surface area contributed by atoms with Crippen LogP contribution in [-0.2, 0) is 4.79 Å². The normalized spacial score (nSPS) is 21.2. The highest BCUT2D eigenvalue weighted by Crippen LogP contribution is 2.12. The maximum Gasteiger partial charge on any atom is 0.237 e. The molecule has 1 rings (SSSR count). The number of rotatable bonds is 6. The van der Waals surface area contributed by atoms with Crippen molar-refractivity contribution in [2.75, 3.05) is 13.1 Å². The van der Waals surface area contributed by atoms with Crippen molar-refractivity contribution < 1.29 is 9.90 Å². The van der Waals surface area contributed by atoms with Crippen molar-refractivity contribution >= 4 is 18.3 Å². The molecule has 1 aliphatic rings. The molecule has 0 bridgehead atoms. The van der Waals surface area contributed by atoms with Gasteiger partial charge in [-0.15, -0.1) is 12.4 Å². The molecule has 1 saturated heterocycles. The maximum atomic E-state index is 11.8.